The predicted octanol–water partition coefficient (Wildman–Crippen LogP) is 5.52. The molecule has 2 aliphatic carbocycles. The number of hydrogen-bond donors (Lipinski definition) is 0. The van der Waals surface area contributed by atoms with Gasteiger partial charge in [-0.05, 0) is 85.9 Å². The summed E-state index contributed by atoms with van der Waals surface area (Å²) in [4.78, 5) is 13.8. The zero-order chi connectivity index (χ0) is 25.9. The number of Topliss-reactive ketones (excluding diaryl/α,β-unsaturated/α-hetero) is 1. The van der Waals surface area contributed by atoms with E-state index in [0.717, 1.165) is 6.42 Å². The highest BCUT2D eigenvalue weighted by atomic mass is 28.4. The second-order valence-electron chi connectivity index (χ2n) is 14.6. The molecule has 2 bridgehead atoms. The summed E-state index contributed by atoms with van der Waals surface area (Å²) < 4.78 is 33.0. The molecule has 9 heteroatoms. The average molecular weight is 492 g/mol. The Kier molecular flexibility index (Phi) is 6.06. The molecule has 0 spiro atoms. The van der Waals surface area contributed by atoms with Crippen molar-refractivity contribution < 1.29 is 27.8 Å². The Hall–Kier alpha value is -0.183. The van der Waals surface area contributed by atoms with Gasteiger partial charge in [0, 0.05) is 17.6 Å². The van der Waals surface area contributed by atoms with Gasteiger partial charge in [-0.1, -0.05) is 20.8 Å². The smallest absolute Gasteiger partial charge is 0.407 e. The lowest BCUT2D eigenvalue weighted by Crippen LogP contribution is -2.52. The van der Waals surface area contributed by atoms with Gasteiger partial charge < -0.3 is 23.0 Å². The highest BCUT2D eigenvalue weighted by molar-refractivity contribution is 6.74. The lowest BCUT2D eigenvalue weighted by molar-refractivity contribution is -0.129. The molecule has 192 valence electrons. The number of carbonyl (C=O) groups excluding carboxylic acids is 1. The third-order valence-corrected chi connectivity index (χ3v) is 14.8. The molecule has 0 radical (unpaired) electrons. The minimum Gasteiger partial charge on any atom is -0.407 e. The van der Waals surface area contributed by atoms with Crippen molar-refractivity contribution in [1.82, 2.24) is 0 Å². The van der Waals surface area contributed by atoms with Crippen LogP contribution in [0.25, 0.3) is 0 Å². The molecule has 4 rings (SSSR count). The normalized spacial score (nSPS) is 38.3. The Morgan fingerprint density at radius 1 is 0.794 bits per heavy atom. The number of fused-ring (bicyclic) bond motifs is 2. The van der Waals surface area contributed by atoms with Gasteiger partial charge in [-0.2, -0.15) is 0 Å². The van der Waals surface area contributed by atoms with Crippen LogP contribution in [0.15, 0.2) is 0 Å². The van der Waals surface area contributed by atoms with Gasteiger partial charge in [0.1, 0.15) is 6.10 Å². The van der Waals surface area contributed by atoms with Crippen molar-refractivity contribution in [1.29, 1.82) is 0 Å². The first-order chi connectivity index (χ1) is 15.1. The predicted molar refractivity (Wildman–Crippen MR) is 138 cm³/mol. The SMILES string of the molecule is CC1(C)OB(C2[C@@H](B3OC(C)(C)C(C)(C)O3)[C@H]3C[C@@H]2[C@@H](O[Si](C)(C)C(C)(C)C)C3=O)OC1(C)C. The molecule has 6 nitrogen and oxygen atoms in total. The first-order valence-electron chi connectivity index (χ1n) is 13.0. The molecular formula is C25H46B2O6Si. The van der Waals surface area contributed by atoms with Gasteiger partial charge in [-0.15, -0.1) is 0 Å². The molecule has 5 atom stereocenters. The molecule has 34 heavy (non-hydrogen) atoms. The average Bonchev–Trinajstić information content (AvgIpc) is 3.26. The van der Waals surface area contributed by atoms with Crippen molar-refractivity contribution in [2.45, 2.75) is 141 Å². The minimum absolute atomic E-state index is 0.0279. The van der Waals surface area contributed by atoms with Crippen LogP contribution in [0.5, 0.6) is 0 Å². The van der Waals surface area contributed by atoms with E-state index in [9.17, 15) is 4.79 Å². The molecule has 0 aromatic heterocycles. The summed E-state index contributed by atoms with van der Waals surface area (Å²) in [5, 5.41) is 0.0279. The van der Waals surface area contributed by atoms with E-state index in [2.05, 4.69) is 89.3 Å². The molecule has 2 aliphatic heterocycles. The summed E-state index contributed by atoms with van der Waals surface area (Å²) in [7, 11) is -3.04. The first kappa shape index (κ1) is 26.9. The van der Waals surface area contributed by atoms with E-state index in [4.69, 9.17) is 23.0 Å². The number of ketones is 1. The van der Waals surface area contributed by atoms with Crippen LogP contribution in [0.1, 0.15) is 82.6 Å². The summed E-state index contributed by atoms with van der Waals surface area (Å²) in [5.41, 5.74) is -1.81. The topological polar surface area (TPSA) is 63.2 Å². The summed E-state index contributed by atoms with van der Waals surface area (Å²) in [5.74, 6) is -0.0770. The van der Waals surface area contributed by atoms with Crippen LogP contribution in [0.4, 0.5) is 0 Å². The third kappa shape index (κ3) is 3.92. The van der Waals surface area contributed by atoms with E-state index in [0.29, 0.717) is 0 Å². The van der Waals surface area contributed by atoms with Crippen LogP contribution in [0, 0.1) is 11.8 Å². The third-order valence-electron chi connectivity index (χ3n) is 10.4. The summed E-state index contributed by atoms with van der Waals surface area (Å²) in [6.07, 6.45) is 0.371. The summed E-state index contributed by atoms with van der Waals surface area (Å²) in [6, 6.07) is 0. The number of carbonyl (C=O) groups is 1. The highest BCUT2D eigenvalue weighted by Gasteiger charge is 2.71. The molecule has 4 aliphatic rings. The maximum atomic E-state index is 13.8. The van der Waals surface area contributed by atoms with Crippen molar-refractivity contribution in [3.8, 4) is 0 Å². The van der Waals surface area contributed by atoms with Crippen molar-refractivity contribution in [2.75, 3.05) is 0 Å². The Morgan fingerprint density at radius 2 is 1.18 bits per heavy atom. The minimum atomic E-state index is -2.14. The van der Waals surface area contributed by atoms with Gasteiger partial charge in [0.15, 0.2) is 14.1 Å². The van der Waals surface area contributed by atoms with E-state index < -0.39 is 51.1 Å². The Balaban J connectivity index is 1.69. The van der Waals surface area contributed by atoms with Gasteiger partial charge >= 0.3 is 14.2 Å². The van der Waals surface area contributed by atoms with Gasteiger partial charge in [0.05, 0.1) is 22.4 Å². The van der Waals surface area contributed by atoms with Crippen molar-refractivity contribution in [2.24, 2.45) is 11.8 Å². The van der Waals surface area contributed by atoms with Crippen LogP contribution in [0.3, 0.4) is 0 Å². The fourth-order valence-corrected chi connectivity index (χ4v) is 6.98. The second-order valence-corrected chi connectivity index (χ2v) is 19.4. The maximum absolute atomic E-state index is 13.8. The summed E-state index contributed by atoms with van der Waals surface area (Å²) in [6.45, 7) is 27.7. The summed E-state index contributed by atoms with van der Waals surface area (Å²) >= 11 is 0. The van der Waals surface area contributed by atoms with E-state index in [-0.39, 0.29) is 34.3 Å². The lowest BCUT2D eigenvalue weighted by Gasteiger charge is -2.43. The molecule has 4 fully saturated rings. The first-order valence-corrected chi connectivity index (χ1v) is 16.0. The fourth-order valence-electron chi connectivity index (χ4n) is 5.70. The number of rotatable bonds is 4. The molecule has 0 aromatic rings. The van der Waals surface area contributed by atoms with Crippen molar-refractivity contribution >= 4 is 28.3 Å². The second kappa shape index (κ2) is 7.67. The van der Waals surface area contributed by atoms with E-state index in [1.54, 1.807) is 0 Å². The fraction of sp³-hybridized carbons (Fsp3) is 0.960. The zero-order valence-electron chi connectivity index (χ0n) is 23.7. The van der Waals surface area contributed by atoms with Crippen LogP contribution >= 0.6 is 0 Å². The standard InChI is InChI=1S/C25H46B2O6Si/c1-21(2,3)34(12,13)29-20-16-14-15(19(20)28)17(26-30-22(4,5)23(6,7)31-26)18(16)27-32-24(8,9)25(10,11)33-27/h15-18,20H,14H2,1-13H3/t15-,16+,17+,18?,20-/m1/s1. The van der Waals surface area contributed by atoms with Crippen molar-refractivity contribution in [3.05, 3.63) is 0 Å². The van der Waals surface area contributed by atoms with Crippen LogP contribution in [-0.2, 0) is 27.8 Å². The molecule has 1 unspecified atom stereocenters. The Bertz CT molecular complexity index is 817. The van der Waals surface area contributed by atoms with E-state index >= 15 is 0 Å². The van der Waals surface area contributed by atoms with Gasteiger partial charge in [-0.25, -0.2) is 0 Å². The molecular weight excluding hydrogens is 446 g/mol. The zero-order valence-corrected chi connectivity index (χ0v) is 24.7. The van der Waals surface area contributed by atoms with Crippen LogP contribution in [-0.4, -0.2) is 56.8 Å². The van der Waals surface area contributed by atoms with E-state index in [1.165, 1.54) is 0 Å². The molecule has 0 N–H and O–H groups in total. The van der Waals surface area contributed by atoms with Crippen LogP contribution < -0.4 is 0 Å². The molecule has 2 saturated carbocycles. The quantitative estimate of drug-likeness (QED) is 0.482. The number of hydrogen-bond acceptors (Lipinski definition) is 6. The van der Waals surface area contributed by atoms with Gasteiger partial charge in [0.2, 0.25) is 0 Å². The van der Waals surface area contributed by atoms with E-state index in [1.807, 2.05) is 0 Å². The molecule has 2 heterocycles. The maximum Gasteiger partial charge on any atom is 0.461 e. The highest BCUT2D eigenvalue weighted by Crippen LogP contribution is 2.64. The molecule has 0 aromatic carbocycles. The van der Waals surface area contributed by atoms with Gasteiger partial charge in [0.25, 0.3) is 0 Å². The van der Waals surface area contributed by atoms with Crippen LogP contribution in [0.2, 0.25) is 29.8 Å². The molecule has 2 saturated heterocycles. The monoisotopic (exact) mass is 492 g/mol. The largest absolute Gasteiger partial charge is 0.461 e. The molecule has 0 amide bonds. The lowest BCUT2D eigenvalue weighted by atomic mass is 9.48. The van der Waals surface area contributed by atoms with Crippen molar-refractivity contribution in [3.63, 3.8) is 0 Å². The van der Waals surface area contributed by atoms with Gasteiger partial charge in [-0.3, -0.25) is 4.79 Å². The Labute approximate surface area is 208 Å². The Morgan fingerprint density at radius 3 is 1.56 bits per heavy atom.